The summed E-state index contributed by atoms with van der Waals surface area (Å²) in [6.07, 6.45) is 8.91. The van der Waals surface area contributed by atoms with Crippen molar-refractivity contribution in [2.75, 3.05) is 25.0 Å². The first-order chi connectivity index (χ1) is 3.20. The molecule has 1 nitrogen and oxygen atoms in total. The summed E-state index contributed by atoms with van der Waals surface area (Å²) in [6.45, 7) is 2.00. The molecule has 8 heavy (non-hydrogen) atoms. The third kappa shape index (κ3) is 2.48. The molecule has 0 saturated heterocycles. The third-order valence-electron chi connectivity index (χ3n) is 1.29. The van der Waals surface area contributed by atoms with Crippen LogP contribution in [0, 0.1) is 0 Å². The van der Waals surface area contributed by atoms with Crippen LogP contribution in [0.15, 0.2) is 0 Å². The molecule has 0 atom stereocenters. The Hall–Kier alpha value is 0.180. The molecular weight excluding hydrogens is 118 g/mol. The molecule has 2 N–H and O–H groups in total. The van der Waals surface area contributed by atoms with E-state index in [1.165, 1.54) is 0 Å². The Balaban J connectivity index is 4.92. The van der Waals surface area contributed by atoms with Crippen LogP contribution < -0.4 is 5.73 Å². The second-order valence-electron chi connectivity index (χ2n) is 3.88. The minimum Gasteiger partial charge on any atom is -0.303 e. The van der Waals surface area contributed by atoms with Gasteiger partial charge in [-0.25, -0.2) is 8.75 Å². The summed E-state index contributed by atoms with van der Waals surface area (Å²) in [5, 5.41) is 0. The fourth-order valence-electron chi connectivity index (χ4n) is 0. The minimum absolute atomic E-state index is 1.09. The highest BCUT2D eigenvalue weighted by atomic mass is 32.3. The minimum atomic E-state index is -1.27. The van der Waals surface area contributed by atoms with E-state index in [0.29, 0.717) is 0 Å². The summed E-state index contributed by atoms with van der Waals surface area (Å²) in [5.74, 6) is 0. The first-order valence-electron chi connectivity index (χ1n) is 2.63. The Labute approximate surface area is 52.1 Å². The van der Waals surface area contributed by atoms with Gasteiger partial charge < -0.3 is 5.73 Å². The lowest BCUT2D eigenvalue weighted by Gasteiger charge is -2.34. The van der Waals surface area contributed by atoms with Crippen LogP contribution in [0.4, 0.5) is 0 Å². The van der Waals surface area contributed by atoms with Gasteiger partial charge in [0.25, 0.3) is 0 Å². The van der Waals surface area contributed by atoms with Crippen molar-refractivity contribution in [1.82, 2.24) is 0 Å². The monoisotopic (exact) mass is 135 g/mol. The van der Waals surface area contributed by atoms with E-state index < -0.39 is 8.75 Å². The smallest absolute Gasteiger partial charge is 0.00565 e. The molecule has 0 fully saturated rings. The molecule has 0 amide bonds. The lowest BCUT2D eigenvalue weighted by atomic mass is 10.8. The molecule has 52 valence electrons. The number of hydrogen-bond acceptors (Lipinski definition) is 0. The molecule has 0 aromatic heterocycles. The van der Waals surface area contributed by atoms with Crippen molar-refractivity contribution in [2.24, 2.45) is 5.73 Å². The molecule has 0 aromatic rings. The fraction of sp³-hybridized carbons (Fsp3) is 0.833. The average molecular weight is 135 g/mol. The van der Waals surface area contributed by atoms with Gasteiger partial charge in [-0.15, -0.1) is 0 Å². The lowest BCUT2D eigenvalue weighted by Crippen LogP contribution is -2.18. The Morgan fingerprint density at radius 1 is 1.12 bits per heavy atom. The molecular formula is C6H17NS. The maximum absolute atomic E-state index is 5.67. The molecule has 0 aromatic carbocycles. The largest absolute Gasteiger partial charge is 0.303 e. The van der Waals surface area contributed by atoms with Crippen molar-refractivity contribution < 1.29 is 0 Å². The molecule has 0 aliphatic heterocycles. The molecule has 0 aliphatic carbocycles. The van der Waals surface area contributed by atoms with Crippen LogP contribution in [0.5, 0.6) is 0 Å². The molecule has 0 unspecified atom stereocenters. The van der Waals surface area contributed by atoms with Gasteiger partial charge in [0.2, 0.25) is 0 Å². The highest BCUT2D eigenvalue weighted by molar-refractivity contribution is 8.45. The van der Waals surface area contributed by atoms with Crippen LogP contribution in [0.3, 0.4) is 0 Å². The molecule has 2 heteroatoms. The lowest BCUT2D eigenvalue weighted by molar-refractivity contribution is 1.71. The second kappa shape index (κ2) is 1.58. The first kappa shape index (κ1) is 8.18. The maximum Gasteiger partial charge on any atom is -0.00565 e. The van der Waals surface area contributed by atoms with Gasteiger partial charge in [0.15, 0.2) is 0 Å². The van der Waals surface area contributed by atoms with Crippen molar-refractivity contribution >= 4 is 13.7 Å². The van der Waals surface area contributed by atoms with Gasteiger partial charge >= 0.3 is 0 Å². The van der Waals surface area contributed by atoms with Crippen molar-refractivity contribution in [1.29, 1.82) is 0 Å². The zero-order valence-corrected chi connectivity index (χ0v) is 7.30. The van der Waals surface area contributed by atoms with Crippen LogP contribution in [0.2, 0.25) is 0 Å². The molecule has 0 spiro atoms. The van der Waals surface area contributed by atoms with Gasteiger partial charge in [0.1, 0.15) is 0 Å². The second-order valence-corrected chi connectivity index (χ2v) is 11.1. The standard InChI is InChI=1S/C6H17NS/c1-6(7)8(2,3,4)5/h7H2,1-5H3. The highest BCUT2D eigenvalue weighted by Crippen LogP contribution is 2.43. The zero-order chi connectivity index (χ0) is 7.02. The fourth-order valence-corrected chi connectivity index (χ4v) is 0. The van der Waals surface area contributed by atoms with Crippen LogP contribution >= 0.6 is 8.75 Å². The van der Waals surface area contributed by atoms with Crippen molar-refractivity contribution in [2.45, 2.75) is 6.92 Å². The topological polar surface area (TPSA) is 26.0 Å². The van der Waals surface area contributed by atoms with Crippen LogP contribution in [-0.2, 0) is 0 Å². The molecule has 0 aliphatic rings. The molecule has 0 radical (unpaired) electrons. The van der Waals surface area contributed by atoms with Crippen molar-refractivity contribution in [3.05, 3.63) is 0 Å². The van der Waals surface area contributed by atoms with Gasteiger partial charge in [-0.05, 0) is 36.9 Å². The Morgan fingerprint density at radius 2 is 1.25 bits per heavy atom. The summed E-state index contributed by atoms with van der Waals surface area (Å²) >= 11 is 0. The van der Waals surface area contributed by atoms with Gasteiger partial charge in [-0.2, -0.15) is 0 Å². The van der Waals surface area contributed by atoms with Crippen LogP contribution in [-0.4, -0.2) is 30.0 Å². The Morgan fingerprint density at radius 3 is 1.25 bits per heavy atom. The van der Waals surface area contributed by atoms with Gasteiger partial charge in [-0.3, -0.25) is 0 Å². The predicted octanol–water partition coefficient (Wildman–Crippen LogP) is 0.954. The maximum atomic E-state index is 5.67. The van der Waals surface area contributed by atoms with Crippen LogP contribution in [0.25, 0.3) is 0 Å². The van der Waals surface area contributed by atoms with E-state index in [-0.39, 0.29) is 0 Å². The normalized spacial score (nSPS) is 17.0. The summed E-state index contributed by atoms with van der Waals surface area (Å²) in [5.41, 5.74) is 5.67. The Kier molecular flexibility index (Phi) is 1.61. The van der Waals surface area contributed by atoms with E-state index in [4.69, 9.17) is 5.73 Å². The SMILES string of the molecule is CC(N)=S(C)(C)(C)C. The number of rotatable bonds is 0. The van der Waals surface area contributed by atoms with Crippen LogP contribution in [0.1, 0.15) is 6.92 Å². The molecule has 0 saturated carbocycles. The predicted molar refractivity (Wildman–Crippen MR) is 46.2 cm³/mol. The third-order valence-corrected chi connectivity index (χ3v) is 3.86. The first-order valence-corrected chi connectivity index (χ1v) is 6.30. The van der Waals surface area contributed by atoms with E-state index in [1.807, 2.05) is 6.92 Å². The molecule has 0 rings (SSSR count). The van der Waals surface area contributed by atoms with Crippen molar-refractivity contribution in [3.8, 4) is 0 Å². The van der Waals surface area contributed by atoms with Gasteiger partial charge in [0, 0.05) is 0 Å². The van der Waals surface area contributed by atoms with E-state index in [9.17, 15) is 0 Å². The van der Waals surface area contributed by atoms with Crippen molar-refractivity contribution in [3.63, 3.8) is 0 Å². The zero-order valence-electron chi connectivity index (χ0n) is 6.49. The van der Waals surface area contributed by atoms with E-state index >= 15 is 0 Å². The molecule has 0 heterocycles. The highest BCUT2D eigenvalue weighted by Gasteiger charge is 2.08. The number of nitrogens with two attached hydrogens (primary N) is 1. The average Bonchev–Trinajstić information content (AvgIpc) is 1.27. The summed E-state index contributed by atoms with van der Waals surface area (Å²) in [7, 11) is -1.27. The van der Waals surface area contributed by atoms with Gasteiger partial charge in [-0.1, -0.05) is 0 Å². The molecule has 0 bridgehead atoms. The summed E-state index contributed by atoms with van der Waals surface area (Å²) in [4.78, 5) is 1.09. The summed E-state index contributed by atoms with van der Waals surface area (Å²) < 4.78 is 0. The van der Waals surface area contributed by atoms with E-state index in [0.717, 1.165) is 4.99 Å². The summed E-state index contributed by atoms with van der Waals surface area (Å²) in [6, 6.07) is 0. The quantitative estimate of drug-likeness (QED) is 0.492. The van der Waals surface area contributed by atoms with Gasteiger partial charge in [0.05, 0.1) is 0 Å². The Bertz CT molecular complexity index is 134. The van der Waals surface area contributed by atoms with E-state index in [1.54, 1.807) is 0 Å². The van der Waals surface area contributed by atoms with E-state index in [2.05, 4.69) is 25.0 Å². The number of hydrogen-bond donors (Lipinski definition) is 1.